The fraction of sp³-hybridized carbons (Fsp3) is 0.250. The van der Waals surface area contributed by atoms with Crippen LogP contribution in [0, 0.1) is 0 Å². The van der Waals surface area contributed by atoms with Crippen LogP contribution in [0.3, 0.4) is 0 Å². The molecule has 0 bridgehead atoms. The molecule has 21 heavy (non-hydrogen) atoms. The quantitative estimate of drug-likeness (QED) is 0.490. The van der Waals surface area contributed by atoms with Gasteiger partial charge in [-0.15, -0.1) is 0 Å². The minimum atomic E-state index is -4.52. The number of ether oxygens (including phenoxy) is 1. The summed E-state index contributed by atoms with van der Waals surface area (Å²) in [6.07, 6.45) is -2.19. The number of methoxy groups -OCH3 is 1. The predicted octanol–water partition coefficient (Wildman–Crippen LogP) is 3.17. The number of esters is 1. The lowest BCUT2D eigenvalue weighted by molar-refractivity contribution is -0.141. The Morgan fingerprint density at radius 3 is 2.86 bits per heavy atom. The van der Waals surface area contributed by atoms with Gasteiger partial charge in [0.05, 0.1) is 13.4 Å². The number of rotatable bonds is 4. The molecule has 2 aromatic heterocycles. The minimum Gasteiger partial charge on any atom is -0.463 e. The average Bonchev–Trinajstić information content (AvgIpc) is 2.92. The molecule has 0 saturated heterocycles. The van der Waals surface area contributed by atoms with Crippen molar-refractivity contribution in [1.82, 2.24) is 9.97 Å². The van der Waals surface area contributed by atoms with Crippen molar-refractivity contribution >= 4 is 17.7 Å². The van der Waals surface area contributed by atoms with E-state index in [4.69, 9.17) is 4.42 Å². The number of hydrogen-bond donors (Lipinski definition) is 0. The first-order chi connectivity index (χ1) is 9.91. The van der Waals surface area contributed by atoms with Crippen LogP contribution < -0.4 is 0 Å². The van der Waals surface area contributed by atoms with E-state index in [0.717, 1.165) is 24.0 Å². The van der Waals surface area contributed by atoms with Crippen molar-refractivity contribution in [2.45, 2.75) is 17.1 Å². The molecule has 0 aliphatic heterocycles. The zero-order valence-corrected chi connectivity index (χ0v) is 11.5. The number of hydrogen-bond acceptors (Lipinski definition) is 6. The highest BCUT2D eigenvalue weighted by Crippen LogP contribution is 2.29. The third kappa shape index (κ3) is 3.75. The van der Waals surface area contributed by atoms with Gasteiger partial charge in [0.1, 0.15) is 5.69 Å². The monoisotopic (exact) mass is 318 g/mol. The Labute approximate surface area is 121 Å². The molecule has 0 radical (unpaired) electrons. The molecule has 0 aliphatic carbocycles. The summed E-state index contributed by atoms with van der Waals surface area (Å²) in [4.78, 5) is 18.6. The van der Waals surface area contributed by atoms with Crippen molar-refractivity contribution in [2.75, 3.05) is 7.11 Å². The van der Waals surface area contributed by atoms with Crippen LogP contribution in [0.5, 0.6) is 0 Å². The molecular formula is C12H9F3N2O3S. The molecule has 0 aliphatic rings. The zero-order valence-electron chi connectivity index (χ0n) is 10.7. The van der Waals surface area contributed by atoms with Gasteiger partial charge in [-0.1, -0.05) is 11.8 Å². The standard InChI is InChI=1S/C12H9F3N2O3S/c1-19-10(18)9-7(3-5-20-9)6-21-11-16-4-2-8(17-11)12(13,14)15/h2-5H,6H2,1H3. The number of carbonyl (C=O) groups excluding carboxylic acids is 1. The molecule has 0 N–H and O–H groups in total. The minimum absolute atomic E-state index is 0.0111. The Hall–Kier alpha value is -2.03. The maximum atomic E-state index is 12.5. The Kier molecular flexibility index (Phi) is 4.51. The lowest BCUT2D eigenvalue weighted by Gasteiger charge is -2.06. The Morgan fingerprint density at radius 1 is 1.43 bits per heavy atom. The molecule has 2 rings (SSSR count). The highest BCUT2D eigenvalue weighted by atomic mass is 32.2. The molecule has 5 nitrogen and oxygen atoms in total. The van der Waals surface area contributed by atoms with Gasteiger partial charge in [0.15, 0.2) is 5.16 Å². The number of thioether (sulfide) groups is 1. The lowest BCUT2D eigenvalue weighted by Crippen LogP contribution is -2.08. The van der Waals surface area contributed by atoms with E-state index >= 15 is 0 Å². The van der Waals surface area contributed by atoms with Crippen molar-refractivity contribution in [3.05, 3.63) is 41.6 Å². The van der Waals surface area contributed by atoms with E-state index in [-0.39, 0.29) is 16.7 Å². The van der Waals surface area contributed by atoms with Crippen LogP contribution in [0.15, 0.2) is 34.2 Å². The third-order valence-electron chi connectivity index (χ3n) is 2.40. The number of furan rings is 1. The molecular weight excluding hydrogens is 309 g/mol. The van der Waals surface area contributed by atoms with E-state index in [1.54, 1.807) is 0 Å². The van der Waals surface area contributed by atoms with Crippen molar-refractivity contribution in [2.24, 2.45) is 0 Å². The van der Waals surface area contributed by atoms with Gasteiger partial charge in [-0.2, -0.15) is 13.2 Å². The van der Waals surface area contributed by atoms with Crippen LogP contribution in [0.25, 0.3) is 0 Å². The van der Waals surface area contributed by atoms with Crippen LogP contribution in [0.1, 0.15) is 21.8 Å². The Balaban J connectivity index is 2.11. The molecule has 0 atom stereocenters. The number of carbonyl (C=O) groups is 1. The Morgan fingerprint density at radius 2 is 2.19 bits per heavy atom. The van der Waals surface area contributed by atoms with Crippen LogP contribution >= 0.6 is 11.8 Å². The molecule has 0 unspecified atom stereocenters. The second-order valence-corrected chi connectivity index (χ2v) is 4.72. The number of nitrogens with zero attached hydrogens (tertiary/aromatic N) is 2. The Bertz CT molecular complexity index is 643. The summed E-state index contributed by atoms with van der Waals surface area (Å²) < 4.78 is 47.1. The second kappa shape index (κ2) is 6.17. The van der Waals surface area contributed by atoms with Gasteiger partial charge in [-0.05, 0) is 12.1 Å². The molecule has 9 heteroatoms. The van der Waals surface area contributed by atoms with Gasteiger partial charge in [0.25, 0.3) is 0 Å². The van der Waals surface area contributed by atoms with E-state index < -0.39 is 17.8 Å². The van der Waals surface area contributed by atoms with Crippen molar-refractivity contribution in [3.63, 3.8) is 0 Å². The summed E-state index contributed by atoms with van der Waals surface area (Å²) in [6.45, 7) is 0. The van der Waals surface area contributed by atoms with Crippen LogP contribution in [0.2, 0.25) is 0 Å². The topological polar surface area (TPSA) is 65.2 Å². The molecule has 0 spiro atoms. The van der Waals surface area contributed by atoms with E-state index in [1.165, 1.54) is 19.4 Å². The molecule has 2 aromatic rings. The van der Waals surface area contributed by atoms with E-state index in [9.17, 15) is 18.0 Å². The van der Waals surface area contributed by atoms with Crippen molar-refractivity contribution in [3.8, 4) is 0 Å². The smallest absolute Gasteiger partial charge is 0.433 e. The summed E-state index contributed by atoms with van der Waals surface area (Å²) in [5, 5.41) is -0.0400. The SMILES string of the molecule is COC(=O)c1occc1CSc1nccc(C(F)(F)F)n1. The van der Waals surface area contributed by atoms with E-state index in [2.05, 4.69) is 14.7 Å². The third-order valence-corrected chi connectivity index (χ3v) is 3.31. The largest absolute Gasteiger partial charge is 0.463 e. The number of aromatic nitrogens is 2. The van der Waals surface area contributed by atoms with Crippen LogP contribution in [0.4, 0.5) is 13.2 Å². The highest BCUT2D eigenvalue weighted by molar-refractivity contribution is 7.98. The maximum absolute atomic E-state index is 12.5. The summed E-state index contributed by atoms with van der Waals surface area (Å²) in [7, 11) is 1.21. The molecule has 0 amide bonds. The molecule has 112 valence electrons. The zero-order chi connectivity index (χ0) is 15.5. The van der Waals surface area contributed by atoms with Crippen LogP contribution in [-0.4, -0.2) is 23.0 Å². The summed E-state index contributed by atoms with van der Waals surface area (Å²) in [5.74, 6) is -0.458. The first-order valence-corrected chi connectivity index (χ1v) is 6.58. The second-order valence-electron chi connectivity index (χ2n) is 3.78. The number of halogens is 3. The maximum Gasteiger partial charge on any atom is 0.433 e. The molecule has 0 aromatic carbocycles. The van der Waals surface area contributed by atoms with Gasteiger partial charge in [-0.3, -0.25) is 0 Å². The fourth-order valence-electron chi connectivity index (χ4n) is 1.43. The number of alkyl halides is 3. The van der Waals surface area contributed by atoms with Gasteiger partial charge in [0, 0.05) is 17.5 Å². The summed E-state index contributed by atoms with van der Waals surface area (Å²) >= 11 is 0.960. The fourth-order valence-corrected chi connectivity index (χ4v) is 2.24. The predicted molar refractivity (Wildman–Crippen MR) is 66.6 cm³/mol. The first-order valence-electron chi connectivity index (χ1n) is 5.59. The molecule has 0 saturated carbocycles. The molecule has 0 fully saturated rings. The van der Waals surface area contributed by atoms with Gasteiger partial charge < -0.3 is 9.15 Å². The van der Waals surface area contributed by atoms with Gasteiger partial charge in [0.2, 0.25) is 5.76 Å². The molecule has 2 heterocycles. The summed E-state index contributed by atoms with van der Waals surface area (Å²) in [6, 6.07) is 2.33. The highest BCUT2D eigenvalue weighted by Gasteiger charge is 2.32. The van der Waals surface area contributed by atoms with Crippen LogP contribution in [-0.2, 0) is 16.7 Å². The van der Waals surface area contributed by atoms with Gasteiger partial charge >= 0.3 is 12.1 Å². The van der Waals surface area contributed by atoms with Gasteiger partial charge in [-0.25, -0.2) is 14.8 Å². The van der Waals surface area contributed by atoms with Crippen molar-refractivity contribution in [1.29, 1.82) is 0 Å². The first kappa shape index (κ1) is 15.4. The summed E-state index contributed by atoms with van der Waals surface area (Å²) in [5.41, 5.74) is -0.520. The lowest BCUT2D eigenvalue weighted by atomic mass is 10.3. The van der Waals surface area contributed by atoms with E-state index in [0.29, 0.717) is 5.56 Å². The normalized spacial score (nSPS) is 11.4. The van der Waals surface area contributed by atoms with E-state index in [1.807, 2.05) is 0 Å². The van der Waals surface area contributed by atoms with Crippen molar-refractivity contribution < 1.29 is 27.1 Å². The average molecular weight is 318 g/mol.